The van der Waals surface area contributed by atoms with Crippen LogP contribution in [-0.4, -0.2) is 34.0 Å². The smallest absolute Gasteiger partial charge is 0.326 e. The summed E-state index contributed by atoms with van der Waals surface area (Å²) in [6.45, 7) is 1.60. The number of benzene rings is 1. The van der Waals surface area contributed by atoms with Crippen LogP contribution in [0.5, 0.6) is 0 Å². The lowest BCUT2D eigenvalue weighted by Crippen LogP contribution is -2.45. The molecule has 0 aromatic heterocycles. The summed E-state index contributed by atoms with van der Waals surface area (Å²) in [7, 11) is 0. The van der Waals surface area contributed by atoms with Gasteiger partial charge in [-0.15, -0.1) is 0 Å². The number of aliphatic carboxylic acids is 1. The molecule has 118 valence electrons. The summed E-state index contributed by atoms with van der Waals surface area (Å²) >= 11 is 0. The van der Waals surface area contributed by atoms with Crippen molar-refractivity contribution in [2.75, 3.05) is 0 Å². The van der Waals surface area contributed by atoms with E-state index in [4.69, 9.17) is 0 Å². The second kappa shape index (κ2) is 6.11. The van der Waals surface area contributed by atoms with Gasteiger partial charge >= 0.3 is 5.97 Å². The molecule has 4 heteroatoms. The molecule has 1 aromatic carbocycles. The molecular formula is C18H23NO3. The molecule has 0 radical (unpaired) electrons. The molecule has 0 saturated heterocycles. The predicted molar refractivity (Wildman–Crippen MR) is 83.8 cm³/mol. The molecule has 0 spiro atoms. The largest absolute Gasteiger partial charge is 0.480 e. The Morgan fingerprint density at radius 2 is 1.91 bits per heavy atom. The van der Waals surface area contributed by atoms with Crippen molar-refractivity contribution in [1.29, 1.82) is 0 Å². The Labute approximate surface area is 131 Å². The molecule has 1 unspecified atom stereocenters. The van der Waals surface area contributed by atoms with Gasteiger partial charge in [-0.25, -0.2) is 4.79 Å². The monoisotopic (exact) mass is 301 g/mol. The highest BCUT2D eigenvalue weighted by atomic mass is 16.4. The molecule has 1 fully saturated rings. The van der Waals surface area contributed by atoms with E-state index in [1.807, 2.05) is 6.07 Å². The Kier molecular flexibility index (Phi) is 4.19. The van der Waals surface area contributed by atoms with Crippen LogP contribution >= 0.6 is 0 Å². The maximum Gasteiger partial charge on any atom is 0.326 e. The second-order valence-electron chi connectivity index (χ2n) is 6.53. The van der Waals surface area contributed by atoms with E-state index in [2.05, 4.69) is 12.1 Å². The second-order valence-corrected chi connectivity index (χ2v) is 6.53. The molecule has 2 aliphatic rings. The lowest BCUT2D eigenvalue weighted by Gasteiger charge is -2.27. The van der Waals surface area contributed by atoms with Crippen molar-refractivity contribution < 1.29 is 14.7 Å². The van der Waals surface area contributed by atoms with Crippen molar-refractivity contribution in [3.63, 3.8) is 0 Å². The number of rotatable bonds is 5. The standard InChI is InChI=1S/C18H23NO3/c1-12(18(21)22)19(16-8-9-16)17(20)11-13-6-7-14-4-2-3-5-15(14)10-13/h6-7,10,12,16H,2-5,8-9,11H2,1H3,(H,21,22). The van der Waals surface area contributed by atoms with Gasteiger partial charge < -0.3 is 10.0 Å². The third-order valence-electron chi connectivity index (χ3n) is 4.77. The lowest BCUT2D eigenvalue weighted by molar-refractivity contribution is -0.149. The number of carbonyl (C=O) groups excluding carboxylic acids is 1. The zero-order valence-corrected chi connectivity index (χ0v) is 13.0. The highest BCUT2D eigenvalue weighted by molar-refractivity contribution is 5.85. The normalized spacial score (nSPS) is 18.4. The molecule has 22 heavy (non-hydrogen) atoms. The number of aryl methyl sites for hydroxylation is 2. The number of carbonyl (C=O) groups is 2. The van der Waals surface area contributed by atoms with Crippen LogP contribution < -0.4 is 0 Å². The summed E-state index contributed by atoms with van der Waals surface area (Å²) in [6, 6.07) is 5.69. The van der Waals surface area contributed by atoms with Gasteiger partial charge in [0.15, 0.2) is 0 Å². The summed E-state index contributed by atoms with van der Waals surface area (Å²) in [4.78, 5) is 25.4. The highest BCUT2D eigenvalue weighted by Crippen LogP contribution is 2.30. The van der Waals surface area contributed by atoms with E-state index >= 15 is 0 Å². The van der Waals surface area contributed by atoms with Crippen molar-refractivity contribution in [3.8, 4) is 0 Å². The van der Waals surface area contributed by atoms with Crippen LogP contribution in [0.1, 0.15) is 49.3 Å². The molecule has 1 N–H and O–H groups in total. The first-order valence-electron chi connectivity index (χ1n) is 8.21. The van der Waals surface area contributed by atoms with Crippen molar-refractivity contribution >= 4 is 11.9 Å². The number of hydrogen-bond acceptors (Lipinski definition) is 2. The maximum absolute atomic E-state index is 12.6. The Bertz CT molecular complexity index is 592. The van der Waals surface area contributed by atoms with Gasteiger partial charge in [-0.2, -0.15) is 0 Å². The van der Waals surface area contributed by atoms with E-state index in [-0.39, 0.29) is 11.9 Å². The van der Waals surface area contributed by atoms with Gasteiger partial charge in [0.2, 0.25) is 5.91 Å². The van der Waals surface area contributed by atoms with Crippen LogP contribution in [0.15, 0.2) is 18.2 Å². The molecular weight excluding hydrogens is 278 g/mol. The fraction of sp³-hybridized carbons (Fsp3) is 0.556. The lowest BCUT2D eigenvalue weighted by atomic mass is 9.90. The Hall–Kier alpha value is -1.84. The van der Waals surface area contributed by atoms with Crippen molar-refractivity contribution in [2.45, 2.75) is 64.0 Å². The van der Waals surface area contributed by atoms with Gasteiger partial charge in [0, 0.05) is 6.04 Å². The maximum atomic E-state index is 12.6. The van der Waals surface area contributed by atoms with E-state index in [0.717, 1.165) is 31.2 Å². The Morgan fingerprint density at radius 3 is 2.55 bits per heavy atom. The minimum atomic E-state index is -0.925. The molecule has 4 nitrogen and oxygen atoms in total. The van der Waals surface area contributed by atoms with Gasteiger partial charge in [0.25, 0.3) is 0 Å². The number of carboxylic acid groups (broad SMARTS) is 1. The average molecular weight is 301 g/mol. The summed E-state index contributed by atoms with van der Waals surface area (Å²) in [5.41, 5.74) is 3.77. The van der Waals surface area contributed by atoms with Gasteiger partial charge in [-0.05, 0) is 62.1 Å². The fourth-order valence-electron chi connectivity index (χ4n) is 3.37. The molecule has 0 aliphatic heterocycles. The molecule has 0 bridgehead atoms. The third-order valence-corrected chi connectivity index (χ3v) is 4.77. The molecule has 2 aliphatic carbocycles. The van der Waals surface area contributed by atoms with Crippen molar-refractivity contribution in [3.05, 3.63) is 34.9 Å². The van der Waals surface area contributed by atoms with Gasteiger partial charge in [0.05, 0.1) is 6.42 Å². The molecule has 1 saturated carbocycles. The summed E-state index contributed by atoms with van der Waals surface area (Å²) in [5.74, 6) is -0.987. The quantitative estimate of drug-likeness (QED) is 0.909. The number of carboxylic acids is 1. The molecule has 0 heterocycles. The van der Waals surface area contributed by atoms with Crippen LogP contribution in [0.25, 0.3) is 0 Å². The first kappa shape index (κ1) is 15.1. The van der Waals surface area contributed by atoms with Crippen LogP contribution in [0.3, 0.4) is 0 Å². The van der Waals surface area contributed by atoms with E-state index in [1.54, 1.807) is 11.8 Å². The number of hydrogen-bond donors (Lipinski definition) is 1. The van der Waals surface area contributed by atoms with Crippen molar-refractivity contribution in [2.24, 2.45) is 0 Å². The zero-order chi connectivity index (χ0) is 15.7. The predicted octanol–water partition coefficient (Wildman–Crippen LogP) is 2.57. The Morgan fingerprint density at radius 1 is 1.23 bits per heavy atom. The van der Waals surface area contributed by atoms with Crippen LogP contribution in [0.4, 0.5) is 0 Å². The van der Waals surface area contributed by atoms with E-state index < -0.39 is 12.0 Å². The highest BCUT2D eigenvalue weighted by Gasteiger charge is 2.38. The van der Waals surface area contributed by atoms with Crippen LogP contribution in [0.2, 0.25) is 0 Å². The van der Waals surface area contributed by atoms with Gasteiger partial charge in [0.1, 0.15) is 6.04 Å². The summed E-state index contributed by atoms with van der Waals surface area (Å²) in [5, 5.41) is 9.21. The van der Waals surface area contributed by atoms with Gasteiger partial charge in [-0.1, -0.05) is 18.2 Å². The topological polar surface area (TPSA) is 57.6 Å². The summed E-state index contributed by atoms with van der Waals surface area (Å²) < 4.78 is 0. The average Bonchev–Trinajstić information content (AvgIpc) is 3.32. The minimum absolute atomic E-state index is 0.0619. The van der Waals surface area contributed by atoms with E-state index in [0.29, 0.717) is 6.42 Å². The van der Waals surface area contributed by atoms with E-state index in [9.17, 15) is 14.7 Å². The van der Waals surface area contributed by atoms with Crippen LogP contribution in [0, 0.1) is 0 Å². The molecule has 1 aromatic rings. The van der Waals surface area contributed by atoms with Crippen LogP contribution in [-0.2, 0) is 28.9 Å². The SMILES string of the molecule is CC(C(=O)O)N(C(=O)Cc1ccc2c(c1)CCCC2)C1CC1. The fourth-order valence-corrected chi connectivity index (χ4v) is 3.37. The number of amides is 1. The first-order chi connectivity index (χ1) is 10.6. The summed E-state index contributed by atoms with van der Waals surface area (Å²) in [6.07, 6.45) is 6.84. The first-order valence-corrected chi connectivity index (χ1v) is 8.21. The minimum Gasteiger partial charge on any atom is -0.480 e. The molecule has 3 rings (SSSR count). The van der Waals surface area contributed by atoms with E-state index in [1.165, 1.54) is 24.0 Å². The Balaban J connectivity index is 1.73. The van der Waals surface area contributed by atoms with Crippen molar-refractivity contribution in [1.82, 2.24) is 4.90 Å². The molecule has 1 atom stereocenters. The number of fused-ring (bicyclic) bond motifs is 1. The third kappa shape index (κ3) is 3.16. The molecule has 1 amide bonds. The number of nitrogens with zero attached hydrogens (tertiary/aromatic N) is 1. The zero-order valence-electron chi connectivity index (χ0n) is 13.0. The van der Waals surface area contributed by atoms with Gasteiger partial charge in [-0.3, -0.25) is 4.79 Å².